The molecule has 0 fully saturated rings. The van der Waals surface area contributed by atoms with Crippen molar-refractivity contribution in [2.24, 2.45) is 5.92 Å². The van der Waals surface area contributed by atoms with Crippen molar-refractivity contribution in [2.45, 2.75) is 66.5 Å². The van der Waals surface area contributed by atoms with Gasteiger partial charge in [-0.15, -0.1) is 0 Å². The van der Waals surface area contributed by atoms with Gasteiger partial charge in [-0.1, -0.05) is 70.2 Å². The first-order valence-electron chi connectivity index (χ1n) is 11.1. The van der Waals surface area contributed by atoms with E-state index in [1.165, 1.54) is 5.56 Å². The van der Waals surface area contributed by atoms with E-state index in [0.717, 1.165) is 22.4 Å². The lowest BCUT2D eigenvalue weighted by atomic mass is 9.93. The SMILES string of the molecule is Cc1cccc(C)c1NC(=O)CNC(=O)[C@H](C)N[C@@H](c1ccc(C(C)C)cc1)C(C)C. The third-order valence-electron chi connectivity index (χ3n) is 5.62. The molecule has 2 aromatic carbocycles. The molecule has 0 radical (unpaired) electrons. The maximum atomic E-state index is 12.6. The van der Waals surface area contributed by atoms with Gasteiger partial charge >= 0.3 is 0 Å². The number of hydrogen-bond donors (Lipinski definition) is 3. The maximum absolute atomic E-state index is 12.6. The fourth-order valence-electron chi connectivity index (χ4n) is 3.62. The van der Waals surface area contributed by atoms with E-state index in [4.69, 9.17) is 0 Å². The molecule has 0 spiro atoms. The van der Waals surface area contributed by atoms with E-state index < -0.39 is 6.04 Å². The monoisotopic (exact) mass is 423 g/mol. The maximum Gasteiger partial charge on any atom is 0.243 e. The molecule has 2 rings (SSSR count). The van der Waals surface area contributed by atoms with Crippen LogP contribution in [-0.4, -0.2) is 24.4 Å². The predicted octanol–water partition coefficient (Wildman–Crippen LogP) is 4.86. The fraction of sp³-hybridized carbons (Fsp3) is 0.462. The van der Waals surface area contributed by atoms with E-state index in [-0.39, 0.29) is 24.4 Å². The quantitative estimate of drug-likeness (QED) is 0.540. The molecule has 168 valence electrons. The number of carbonyl (C=O) groups is 2. The highest BCUT2D eigenvalue weighted by molar-refractivity contribution is 5.96. The van der Waals surface area contributed by atoms with Crippen LogP contribution in [0, 0.1) is 19.8 Å². The summed E-state index contributed by atoms with van der Waals surface area (Å²) in [5.41, 5.74) is 5.26. The van der Waals surface area contributed by atoms with Crippen molar-refractivity contribution in [3.05, 3.63) is 64.7 Å². The number of anilines is 1. The third kappa shape index (κ3) is 6.93. The minimum Gasteiger partial charge on any atom is -0.346 e. The fourth-order valence-corrected chi connectivity index (χ4v) is 3.62. The Bertz CT molecular complexity index is 868. The predicted molar refractivity (Wildman–Crippen MR) is 128 cm³/mol. The Labute approximate surface area is 187 Å². The van der Waals surface area contributed by atoms with Crippen molar-refractivity contribution >= 4 is 17.5 Å². The molecule has 0 aromatic heterocycles. The Balaban J connectivity index is 1.94. The molecule has 0 saturated heterocycles. The van der Waals surface area contributed by atoms with E-state index in [1.54, 1.807) is 0 Å². The zero-order valence-corrected chi connectivity index (χ0v) is 19.9. The third-order valence-corrected chi connectivity index (χ3v) is 5.62. The molecular formula is C26H37N3O2. The van der Waals surface area contributed by atoms with Gasteiger partial charge < -0.3 is 10.6 Å². The van der Waals surface area contributed by atoms with Gasteiger partial charge in [-0.05, 0) is 54.9 Å². The van der Waals surface area contributed by atoms with Crippen molar-refractivity contribution in [1.29, 1.82) is 0 Å². The molecule has 3 N–H and O–H groups in total. The van der Waals surface area contributed by atoms with Crippen molar-refractivity contribution in [2.75, 3.05) is 11.9 Å². The van der Waals surface area contributed by atoms with E-state index in [1.807, 2.05) is 39.0 Å². The van der Waals surface area contributed by atoms with E-state index in [0.29, 0.717) is 11.8 Å². The van der Waals surface area contributed by atoms with Crippen LogP contribution >= 0.6 is 0 Å². The van der Waals surface area contributed by atoms with E-state index in [9.17, 15) is 9.59 Å². The first-order valence-corrected chi connectivity index (χ1v) is 11.1. The Kier molecular flexibility index (Phi) is 8.81. The lowest BCUT2D eigenvalue weighted by Crippen LogP contribution is -2.46. The van der Waals surface area contributed by atoms with Crippen LogP contribution in [0.25, 0.3) is 0 Å². The number of nitrogens with one attached hydrogen (secondary N) is 3. The molecule has 0 heterocycles. The molecule has 0 aliphatic heterocycles. The van der Waals surface area contributed by atoms with E-state index >= 15 is 0 Å². The highest BCUT2D eigenvalue weighted by atomic mass is 16.2. The van der Waals surface area contributed by atoms with Gasteiger partial charge in [0.2, 0.25) is 11.8 Å². The second-order valence-corrected chi connectivity index (χ2v) is 8.96. The highest BCUT2D eigenvalue weighted by Crippen LogP contribution is 2.24. The molecule has 0 unspecified atom stereocenters. The van der Waals surface area contributed by atoms with Gasteiger partial charge in [-0.25, -0.2) is 0 Å². The second kappa shape index (κ2) is 11.1. The van der Waals surface area contributed by atoms with Crippen molar-refractivity contribution in [3.63, 3.8) is 0 Å². The smallest absolute Gasteiger partial charge is 0.243 e. The number of hydrogen-bond acceptors (Lipinski definition) is 3. The average molecular weight is 424 g/mol. The van der Waals surface area contributed by atoms with Gasteiger partial charge in [0.05, 0.1) is 12.6 Å². The van der Waals surface area contributed by atoms with Crippen molar-refractivity contribution in [1.82, 2.24) is 10.6 Å². The number of rotatable bonds is 9. The van der Waals surface area contributed by atoms with Crippen molar-refractivity contribution < 1.29 is 9.59 Å². The number of carbonyl (C=O) groups excluding carboxylic acids is 2. The van der Waals surface area contributed by atoms with Crippen LogP contribution in [0.15, 0.2) is 42.5 Å². The minimum absolute atomic E-state index is 0.0467. The Morgan fingerprint density at radius 2 is 1.39 bits per heavy atom. The van der Waals surface area contributed by atoms with Gasteiger partial charge in [-0.2, -0.15) is 0 Å². The molecule has 31 heavy (non-hydrogen) atoms. The van der Waals surface area contributed by atoms with Crippen LogP contribution in [0.5, 0.6) is 0 Å². The molecular weight excluding hydrogens is 386 g/mol. The highest BCUT2D eigenvalue weighted by Gasteiger charge is 2.22. The van der Waals surface area contributed by atoms with Gasteiger partial charge in [-0.3, -0.25) is 14.9 Å². The molecule has 5 heteroatoms. The molecule has 2 atom stereocenters. The molecule has 0 aliphatic carbocycles. The lowest BCUT2D eigenvalue weighted by Gasteiger charge is -2.27. The van der Waals surface area contributed by atoms with Crippen LogP contribution in [-0.2, 0) is 9.59 Å². The lowest BCUT2D eigenvalue weighted by molar-refractivity contribution is -0.125. The van der Waals surface area contributed by atoms with Crippen LogP contribution in [0.2, 0.25) is 0 Å². The minimum atomic E-state index is -0.426. The largest absolute Gasteiger partial charge is 0.346 e. The molecule has 2 aromatic rings. The van der Waals surface area contributed by atoms with Gasteiger partial charge in [0.1, 0.15) is 0 Å². The summed E-state index contributed by atoms with van der Waals surface area (Å²) in [6.45, 7) is 14.3. The van der Waals surface area contributed by atoms with Gasteiger partial charge in [0, 0.05) is 11.7 Å². The topological polar surface area (TPSA) is 70.2 Å². The summed E-state index contributed by atoms with van der Waals surface area (Å²) in [5.74, 6) is 0.370. The summed E-state index contributed by atoms with van der Waals surface area (Å²) in [6.07, 6.45) is 0. The Hall–Kier alpha value is -2.66. The molecule has 0 aliphatic rings. The zero-order chi connectivity index (χ0) is 23.1. The van der Waals surface area contributed by atoms with Gasteiger partial charge in [0.25, 0.3) is 0 Å². The van der Waals surface area contributed by atoms with Crippen molar-refractivity contribution in [3.8, 4) is 0 Å². The molecule has 0 saturated carbocycles. The molecule has 2 amide bonds. The summed E-state index contributed by atoms with van der Waals surface area (Å²) >= 11 is 0. The van der Waals surface area contributed by atoms with Gasteiger partial charge in [0.15, 0.2) is 0 Å². The standard InChI is InChI=1S/C26H37N3O2/c1-16(2)21-11-13-22(14-12-21)24(17(3)4)28-20(7)26(31)27-15-23(30)29-25-18(5)9-8-10-19(25)6/h8-14,16-17,20,24,28H,15H2,1-7H3,(H,27,31)(H,29,30)/t20-,24+/m0/s1. The Morgan fingerprint density at radius 3 is 1.90 bits per heavy atom. The van der Waals surface area contributed by atoms with Crippen LogP contribution in [0.3, 0.4) is 0 Å². The summed E-state index contributed by atoms with van der Waals surface area (Å²) in [6, 6.07) is 14.1. The first-order chi connectivity index (χ1) is 14.6. The van der Waals surface area contributed by atoms with Crippen LogP contribution in [0.4, 0.5) is 5.69 Å². The second-order valence-electron chi connectivity index (χ2n) is 8.96. The number of benzene rings is 2. The number of amides is 2. The van der Waals surface area contributed by atoms with Crippen LogP contribution < -0.4 is 16.0 Å². The Morgan fingerprint density at radius 1 is 0.839 bits per heavy atom. The first kappa shape index (κ1) is 24.6. The summed E-state index contributed by atoms with van der Waals surface area (Å²) in [5, 5.41) is 9.07. The van der Waals surface area contributed by atoms with Crippen LogP contribution in [0.1, 0.15) is 68.8 Å². The summed E-state index contributed by atoms with van der Waals surface area (Å²) < 4.78 is 0. The number of para-hydroxylation sites is 1. The number of aryl methyl sites for hydroxylation is 2. The zero-order valence-electron chi connectivity index (χ0n) is 19.9. The normalized spacial score (nSPS) is 13.2. The summed E-state index contributed by atoms with van der Waals surface area (Å²) in [7, 11) is 0. The molecule has 5 nitrogen and oxygen atoms in total. The summed E-state index contributed by atoms with van der Waals surface area (Å²) in [4.78, 5) is 24.9. The molecule has 0 bridgehead atoms. The average Bonchev–Trinajstić information content (AvgIpc) is 2.72. The van der Waals surface area contributed by atoms with E-state index in [2.05, 4.69) is 67.9 Å².